The maximum atomic E-state index is 5.78. The Bertz CT molecular complexity index is 204. The molecule has 1 aromatic rings. The van der Waals surface area contributed by atoms with Crippen LogP contribution in [-0.4, -0.2) is 9.78 Å². The number of hydrogen-bond acceptors (Lipinski definition) is 2. The molecule has 2 N–H and O–H groups in total. The summed E-state index contributed by atoms with van der Waals surface area (Å²) in [6.45, 7) is 2.07. The first-order valence-electron chi connectivity index (χ1n) is 3.49. The molecule has 0 fully saturated rings. The van der Waals surface area contributed by atoms with Crippen molar-refractivity contribution in [2.24, 2.45) is 12.8 Å². The fraction of sp³-hybridized carbons (Fsp3) is 0.571. The highest BCUT2D eigenvalue weighted by Gasteiger charge is 2.05. The number of rotatable bonds is 2. The first kappa shape index (κ1) is 7.28. The van der Waals surface area contributed by atoms with Crippen LogP contribution in [0.5, 0.6) is 0 Å². The second kappa shape index (κ2) is 2.84. The Morgan fingerprint density at radius 1 is 1.80 bits per heavy atom. The Balaban J connectivity index is 2.82. The van der Waals surface area contributed by atoms with Crippen molar-refractivity contribution in [1.29, 1.82) is 0 Å². The average Bonchev–Trinajstić information content (AvgIpc) is 2.34. The summed E-state index contributed by atoms with van der Waals surface area (Å²) in [5, 5.41) is 4.02. The van der Waals surface area contributed by atoms with Gasteiger partial charge in [0.1, 0.15) is 0 Å². The molecule has 56 valence electrons. The number of hydrogen-bond donors (Lipinski definition) is 1. The van der Waals surface area contributed by atoms with Crippen LogP contribution in [0.4, 0.5) is 0 Å². The van der Waals surface area contributed by atoms with Crippen LogP contribution in [0.3, 0.4) is 0 Å². The summed E-state index contributed by atoms with van der Waals surface area (Å²) in [6.07, 6.45) is 2.73. The van der Waals surface area contributed by atoms with E-state index in [-0.39, 0.29) is 6.04 Å². The van der Waals surface area contributed by atoms with Gasteiger partial charge in [0.05, 0.1) is 5.69 Å². The Morgan fingerprint density at radius 2 is 2.50 bits per heavy atom. The molecule has 1 atom stereocenters. The van der Waals surface area contributed by atoms with Crippen molar-refractivity contribution >= 4 is 0 Å². The SMILES string of the molecule is CC[C@H](N)c1ccnn1C. The molecule has 0 radical (unpaired) electrons. The van der Waals surface area contributed by atoms with Crippen molar-refractivity contribution in [2.75, 3.05) is 0 Å². The molecule has 0 saturated heterocycles. The second-order valence-electron chi connectivity index (χ2n) is 2.39. The first-order valence-corrected chi connectivity index (χ1v) is 3.49. The molecule has 0 aliphatic carbocycles. The van der Waals surface area contributed by atoms with Crippen molar-refractivity contribution in [2.45, 2.75) is 19.4 Å². The number of nitrogens with zero attached hydrogens (tertiary/aromatic N) is 2. The first-order chi connectivity index (χ1) is 4.75. The summed E-state index contributed by atoms with van der Waals surface area (Å²) in [7, 11) is 1.91. The fourth-order valence-electron chi connectivity index (χ4n) is 0.957. The lowest BCUT2D eigenvalue weighted by atomic mass is 10.2. The van der Waals surface area contributed by atoms with Crippen LogP contribution < -0.4 is 5.73 Å². The molecular formula is C7H13N3. The maximum Gasteiger partial charge on any atom is 0.0547 e. The van der Waals surface area contributed by atoms with E-state index >= 15 is 0 Å². The summed E-state index contributed by atoms with van der Waals surface area (Å²) in [5.41, 5.74) is 6.88. The van der Waals surface area contributed by atoms with E-state index in [0.717, 1.165) is 12.1 Å². The second-order valence-corrected chi connectivity index (χ2v) is 2.39. The third-order valence-corrected chi connectivity index (χ3v) is 1.68. The quantitative estimate of drug-likeness (QED) is 0.659. The minimum Gasteiger partial charge on any atom is -0.323 e. The largest absolute Gasteiger partial charge is 0.323 e. The third-order valence-electron chi connectivity index (χ3n) is 1.68. The summed E-state index contributed by atoms with van der Waals surface area (Å²) >= 11 is 0. The molecule has 0 aliphatic rings. The Kier molecular flexibility index (Phi) is 2.06. The lowest BCUT2D eigenvalue weighted by Crippen LogP contribution is -2.13. The zero-order valence-electron chi connectivity index (χ0n) is 6.41. The van der Waals surface area contributed by atoms with Crippen molar-refractivity contribution in [3.8, 4) is 0 Å². The van der Waals surface area contributed by atoms with Gasteiger partial charge in [-0.05, 0) is 12.5 Å². The monoisotopic (exact) mass is 139 g/mol. The Morgan fingerprint density at radius 3 is 2.90 bits per heavy atom. The molecule has 3 nitrogen and oxygen atoms in total. The highest BCUT2D eigenvalue weighted by molar-refractivity contribution is 5.04. The van der Waals surface area contributed by atoms with Gasteiger partial charge < -0.3 is 5.73 Å². The summed E-state index contributed by atoms with van der Waals surface area (Å²) in [4.78, 5) is 0. The summed E-state index contributed by atoms with van der Waals surface area (Å²) < 4.78 is 1.81. The van der Waals surface area contributed by atoms with E-state index in [1.807, 2.05) is 17.8 Å². The van der Waals surface area contributed by atoms with Gasteiger partial charge in [0.25, 0.3) is 0 Å². The zero-order valence-corrected chi connectivity index (χ0v) is 6.41. The van der Waals surface area contributed by atoms with Crippen molar-refractivity contribution in [3.63, 3.8) is 0 Å². The number of nitrogens with two attached hydrogens (primary N) is 1. The molecule has 0 amide bonds. The summed E-state index contributed by atoms with van der Waals surface area (Å²) in [5.74, 6) is 0. The van der Waals surface area contributed by atoms with Crippen LogP contribution in [0.2, 0.25) is 0 Å². The molecule has 0 bridgehead atoms. The predicted octanol–water partition coefficient (Wildman–Crippen LogP) is 0.830. The molecule has 3 heteroatoms. The molecule has 1 rings (SSSR count). The van der Waals surface area contributed by atoms with Crippen LogP contribution in [0, 0.1) is 0 Å². The predicted molar refractivity (Wildman–Crippen MR) is 40.4 cm³/mol. The highest BCUT2D eigenvalue weighted by atomic mass is 15.3. The van der Waals surface area contributed by atoms with E-state index in [2.05, 4.69) is 12.0 Å². The molecule has 1 heterocycles. The van der Waals surface area contributed by atoms with Crippen molar-refractivity contribution < 1.29 is 0 Å². The molecular weight excluding hydrogens is 126 g/mol. The normalized spacial score (nSPS) is 13.5. The Labute approximate surface area is 60.8 Å². The van der Waals surface area contributed by atoms with Gasteiger partial charge in [0.2, 0.25) is 0 Å². The van der Waals surface area contributed by atoms with Crippen LogP contribution in [0.25, 0.3) is 0 Å². The van der Waals surface area contributed by atoms with Gasteiger partial charge >= 0.3 is 0 Å². The van der Waals surface area contributed by atoms with Gasteiger partial charge in [0.15, 0.2) is 0 Å². The minimum absolute atomic E-state index is 0.132. The summed E-state index contributed by atoms with van der Waals surface area (Å²) in [6, 6.07) is 2.08. The molecule has 0 aromatic carbocycles. The van der Waals surface area contributed by atoms with E-state index in [1.54, 1.807) is 6.20 Å². The molecule has 0 saturated carbocycles. The molecule has 0 aliphatic heterocycles. The van der Waals surface area contributed by atoms with Gasteiger partial charge in [0, 0.05) is 19.3 Å². The lowest BCUT2D eigenvalue weighted by Gasteiger charge is -2.07. The number of aryl methyl sites for hydroxylation is 1. The van der Waals surface area contributed by atoms with Gasteiger partial charge in [-0.15, -0.1) is 0 Å². The molecule has 1 aromatic heterocycles. The zero-order chi connectivity index (χ0) is 7.56. The van der Waals surface area contributed by atoms with E-state index in [4.69, 9.17) is 5.73 Å². The van der Waals surface area contributed by atoms with Gasteiger partial charge in [-0.1, -0.05) is 6.92 Å². The molecule has 0 unspecified atom stereocenters. The average molecular weight is 139 g/mol. The van der Waals surface area contributed by atoms with Gasteiger partial charge in [-0.2, -0.15) is 5.10 Å². The molecule has 0 spiro atoms. The van der Waals surface area contributed by atoms with Crippen LogP contribution >= 0.6 is 0 Å². The van der Waals surface area contributed by atoms with Gasteiger partial charge in [-0.25, -0.2) is 0 Å². The molecule has 10 heavy (non-hydrogen) atoms. The van der Waals surface area contributed by atoms with E-state index in [1.165, 1.54) is 0 Å². The van der Waals surface area contributed by atoms with Gasteiger partial charge in [-0.3, -0.25) is 4.68 Å². The maximum absolute atomic E-state index is 5.78. The van der Waals surface area contributed by atoms with E-state index in [0.29, 0.717) is 0 Å². The standard InChI is InChI=1S/C7H13N3/c1-3-6(8)7-4-5-9-10(7)2/h4-6H,3,8H2,1-2H3/t6-/m0/s1. The van der Waals surface area contributed by atoms with Crippen LogP contribution in [-0.2, 0) is 7.05 Å². The van der Waals surface area contributed by atoms with Crippen molar-refractivity contribution in [1.82, 2.24) is 9.78 Å². The topological polar surface area (TPSA) is 43.8 Å². The minimum atomic E-state index is 0.132. The number of aromatic nitrogens is 2. The van der Waals surface area contributed by atoms with E-state index in [9.17, 15) is 0 Å². The fourth-order valence-corrected chi connectivity index (χ4v) is 0.957. The lowest BCUT2D eigenvalue weighted by molar-refractivity contribution is 0.605. The van der Waals surface area contributed by atoms with Crippen molar-refractivity contribution in [3.05, 3.63) is 18.0 Å². The van der Waals surface area contributed by atoms with Crippen LogP contribution in [0.15, 0.2) is 12.3 Å². The smallest absolute Gasteiger partial charge is 0.0547 e. The third kappa shape index (κ3) is 1.19. The van der Waals surface area contributed by atoms with Crippen LogP contribution in [0.1, 0.15) is 25.1 Å². The highest BCUT2D eigenvalue weighted by Crippen LogP contribution is 2.10. The van der Waals surface area contributed by atoms with E-state index < -0.39 is 0 Å². The Hall–Kier alpha value is -0.830.